The topological polar surface area (TPSA) is 60.8 Å². The molecule has 0 amide bonds. The zero-order valence-corrected chi connectivity index (χ0v) is 10.7. The highest BCUT2D eigenvalue weighted by Gasteiger charge is 2.25. The lowest BCUT2D eigenvalue weighted by molar-refractivity contribution is -0.139. The maximum absolute atomic E-state index is 13.2. The number of halogens is 1. The molecule has 4 nitrogen and oxygen atoms in total. The van der Waals surface area contributed by atoms with E-state index in [2.05, 4.69) is 0 Å². The maximum atomic E-state index is 13.2. The standard InChI is InChI=1S/C14H18FNO3/c15-11-5-6-13(17)10(7-11)8-16(9-14(18)19)12-3-1-2-4-12/h5-7,12,17H,1-4,8-9H2,(H,18,19). The fourth-order valence-corrected chi connectivity index (χ4v) is 2.66. The zero-order chi connectivity index (χ0) is 13.8. The Hall–Kier alpha value is -1.62. The van der Waals surface area contributed by atoms with E-state index >= 15 is 0 Å². The third-order valence-corrected chi connectivity index (χ3v) is 3.59. The predicted octanol–water partition coefficient (Wildman–Crippen LogP) is 2.36. The molecule has 1 aliphatic carbocycles. The van der Waals surface area contributed by atoms with E-state index in [4.69, 9.17) is 5.11 Å². The molecule has 0 bridgehead atoms. The molecule has 0 heterocycles. The molecule has 0 atom stereocenters. The minimum Gasteiger partial charge on any atom is -0.508 e. The maximum Gasteiger partial charge on any atom is 0.317 e. The molecule has 0 aromatic heterocycles. The lowest BCUT2D eigenvalue weighted by Crippen LogP contribution is -2.37. The molecule has 19 heavy (non-hydrogen) atoms. The van der Waals surface area contributed by atoms with Crippen LogP contribution in [0.1, 0.15) is 31.2 Å². The van der Waals surface area contributed by atoms with Crippen LogP contribution in [-0.4, -0.2) is 33.7 Å². The van der Waals surface area contributed by atoms with Crippen LogP contribution in [0.3, 0.4) is 0 Å². The van der Waals surface area contributed by atoms with Gasteiger partial charge in [-0.15, -0.1) is 0 Å². The predicted molar refractivity (Wildman–Crippen MR) is 68.4 cm³/mol. The van der Waals surface area contributed by atoms with Gasteiger partial charge in [0.15, 0.2) is 0 Å². The summed E-state index contributed by atoms with van der Waals surface area (Å²) in [5, 5.41) is 18.7. The van der Waals surface area contributed by atoms with Gasteiger partial charge in [-0.25, -0.2) is 4.39 Å². The van der Waals surface area contributed by atoms with Crippen LogP contribution in [0.2, 0.25) is 0 Å². The first kappa shape index (κ1) is 13.8. The van der Waals surface area contributed by atoms with Crippen molar-refractivity contribution in [3.05, 3.63) is 29.6 Å². The van der Waals surface area contributed by atoms with Crippen LogP contribution in [0.5, 0.6) is 5.75 Å². The van der Waals surface area contributed by atoms with Gasteiger partial charge in [0.25, 0.3) is 0 Å². The summed E-state index contributed by atoms with van der Waals surface area (Å²) in [6.45, 7) is 0.182. The van der Waals surface area contributed by atoms with Crippen molar-refractivity contribution in [3.8, 4) is 5.75 Å². The number of hydrogen-bond donors (Lipinski definition) is 2. The minimum atomic E-state index is -0.900. The Kier molecular flexibility index (Phi) is 4.37. The molecule has 1 fully saturated rings. The van der Waals surface area contributed by atoms with Crippen LogP contribution >= 0.6 is 0 Å². The number of carboxylic acid groups (broad SMARTS) is 1. The number of aromatic hydroxyl groups is 1. The van der Waals surface area contributed by atoms with Crippen molar-refractivity contribution in [2.75, 3.05) is 6.54 Å². The van der Waals surface area contributed by atoms with Crippen LogP contribution in [0.4, 0.5) is 4.39 Å². The molecule has 0 unspecified atom stereocenters. The number of benzene rings is 1. The molecule has 1 aromatic rings. The van der Waals surface area contributed by atoms with Gasteiger partial charge in [0.2, 0.25) is 0 Å². The summed E-state index contributed by atoms with van der Waals surface area (Å²) in [5.41, 5.74) is 0.438. The number of aliphatic carboxylic acids is 1. The summed E-state index contributed by atoms with van der Waals surface area (Å²) >= 11 is 0. The fourth-order valence-electron chi connectivity index (χ4n) is 2.66. The van der Waals surface area contributed by atoms with Gasteiger partial charge in [0, 0.05) is 18.2 Å². The molecule has 1 saturated carbocycles. The largest absolute Gasteiger partial charge is 0.508 e. The number of phenols is 1. The highest BCUT2D eigenvalue weighted by molar-refractivity contribution is 5.69. The quantitative estimate of drug-likeness (QED) is 0.859. The second-order valence-corrected chi connectivity index (χ2v) is 5.01. The molecule has 1 aliphatic rings. The smallest absolute Gasteiger partial charge is 0.317 e. The summed E-state index contributed by atoms with van der Waals surface area (Å²) in [6, 6.07) is 3.96. The first-order chi connectivity index (χ1) is 9.06. The molecule has 0 radical (unpaired) electrons. The van der Waals surface area contributed by atoms with Gasteiger partial charge in [0.1, 0.15) is 11.6 Å². The Morgan fingerprint density at radius 3 is 2.68 bits per heavy atom. The molecule has 104 valence electrons. The van der Waals surface area contributed by atoms with E-state index in [0.29, 0.717) is 5.56 Å². The van der Waals surface area contributed by atoms with Gasteiger partial charge < -0.3 is 10.2 Å². The van der Waals surface area contributed by atoms with Crippen LogP contribution < -0.4 is 0 Å². The lowest BCUT2D eigenvalue weighted by atomic mass is 10.1. The molecule has 0 aliphatic heterocycles. The molecule has 2 N–H and O–H groups in total. The normalized spacial score (nSPS) is 16.1. The van der Waals surface area contributed by atoms with E-state index in [-0.39, 0.29) is 24.9 Å². The van der Waals surface area contributed by atoms with Crippen LogP contribution in [-0.2, 0) is 11.3 Å². The monoisotopic (exact) mass is 267 g/mol. The molecule has 0 saturated heterocycles. The third kappa shape index (κ3) is 3.67. The van der Waals surface area contributed by atoms with Crippen molar-refractivity contribution < 1.29 is 19.4 Å². The van der Waals surface area contributed by atoms with Gasteiger partial charge >= 0.3 is 5.97 Å². The Morgan fingerprint density at radius 1 is 1.37 bits per heavy atom. The van der Waals surface area contributed by atoms with Crippen LogP contribution in [0.15, 0.2) is 18.2 Å². The first-order valence-corrected chi connectivity index (χ1v) is 6.49. The number of phenolic OH excluding ortho intramolecular Hbond substituents is 1. The molecule has 5 heteroatoms. The second kappa shape index (κ2) is 6.02. The van der Waals surface area contributed by atoms with Crippen LogP contribution in [0, 0.1) is 5.82 Å². The lowest BCUT2D eigenvalue weighted by Gasteiger charge is -2.27. The average molecular weight is 267 g/mol. The summed E-state index contributed by atoms with van der Waals surface area (Å²) in [5.74, 6) is -1.31. The highest BCUT2D eigenvalue weighted by atomic mass is 19.1. The Bertz CT molecular complexity index is 458. The van der Waals surface area contributed by atoms with Gasteiger partial charge in [-0.2, -0.15) is 0 Å². The first-order valence-electron chi connectivity index (χ1n) is 6.49. The number of hydrogen-bond acceptors (Lipinski definition) is 3. The SMILES string of the molecule is O=C(O)CN(Cc1cc(F)ccc1O)C1CCCC1. The van der Waals surface area contributed by atoms with Gasteiger partial charge in [-0.05, 0) is 31.0 Å². The Labute approximate surface area is 111 Å². The second-order valence-electron chi connectivity index (χ2n) is 5.01. The van der Waals surface area contributed by atoms with E-state index in [9.17, 15) is 14.3 Å². The fraction of sp³-hybridized carbons (Fsp3) is 0.500. The van der Waals surface area contributed by atoms with Gasteiger partial charge in [0.05, 0.1) is 6.54 Å². The van der Waals surface area contributed by atoms with Crippen molar-refractivity contribution in [2.24, 2.45) is 0 Å². The van der Waals surface area contributed by atoms with E-state index in [1.165, 1.54) is 18.2 Å². The minimum absolute atomic E-state index is 0.00906. The van der Waals surface area contributed by atoms with E-state index in [1.54, 1.807) is 0 Å². The summed E-state index contributed by atoms with van der Waals surface area (Å²) < 4.78 is 13.2. The van der Waals surface area contributed by atoms with Crippen LogP contribution in [0.25, 0.3) is 0 Å². The number of rotatable bonds is 5. The number of nitrogens with zero attached hydrogens (tertiary/aromatic N) is 1. The van der Waals surface area contributed by atoms with Crippen molar-refractivity contribution in [2.45, 2.75) is 38.3 Å². The van der Waals surface area contributed by atoms with Crippen molar-refractivity contribution in [1.82, 2.24) is 4.90 Å². The summed E-state index contributed by atoms with van der Waals surface area (Å²) in [7, 11) is 0. The van der Waals surface area contributed by atoms with E-state index < -0.39 is 11.8 Å². The highest BCUT2D eigenvalue weighted by Crippen LogP contribution is 2.27. The molecule has 0 spiro atoms. The number of carbonyl (C=O) groups is 1. The van der Waals surface area contributed by atoms with E-state index in [0.717, 1.165) is 25.7 Å². The average Bonchev–Trinajstić information content (AvgIpc) is 2.86. The molecular weight excluding hydrogens is 249 g/mol. The molecule has 1 aromatic carbocycles. The Morgan fingerprint density at radius 2 is 2.05 bits per heavy atom. The van der Waals surface area contributed by atoms with Gasteiger partial charge in [-0.1, -0.05) is 12.8 Å². The van der Waals surface area contributed by atoms with Crippen molar-refractivity contribution in [3.63, 3.8) is 0 Å². The Balaban J connectivity index is 2.14. The van der Waals surface area contributed by atoms with Crippen molar-refractivity contribution in [1.29, 1.82) is 0 Å². The van der Waals surface area contributed by atoms with Crippen molar-refractivity contribution >= 4 is 5.97 Å². The molecular formula is C14H18FNO3. The number of carboxylic acids is 1. The third-order valence-electron chi connectivity index (χ3n) is 3.59. The zero-order valence-electron chi connectivity index (χ0n) is 10.7. The van der Waals surface area contributed by atoms with E-state index in [1.807, 2.05) is 4.90 Å². The summed E-state index contributed by atoms with van der Waals surface area (Å²) in [4.78, 5) is 12.7. The summed E-state index contributed by atoms with van der Waals surface area (Å²) in [6.07, 6.45) is 4.11. The van der Waals surface area contributed by atoms with Gasteiger partial charge in [-0.3, -0.25) is 9.69 Å². The molecule has 2 rings (SSSR count).